The van der Waals surface area contributed by atoms with Gasteiger partial charge in [-0.3, -0.25) is 9.78 Å². The Bertz CT molecular complexity index is 572. The van der Waals surface area contributed by atoms with Crippen LogP contribution in [0.3, 0.4) is 0 Å². The van der Waals surface area contributed by atoms with Crippen molar-refractivity contribution in [2.75, 3.05) is 11.1 Å². The molecular weight excluding hydrogens is 233 g/mol. The number of rotatable bonds is 3. The zero-order chi connectivity index (χ0) is 13.0. The van der Waals surface area contributed by atoms with Crippen LogP contribution in [0.1, 0.15) is 5.56 Å². The van der Waals surface area contributed by atoms with E-state index in [4.69, 9.17) is 5.73 Å². The van der Waals surface area contributed by atoms with Crippen molar-refractivity contribution in [1.29, 1.82) is 0 Å². The lowest BCUT2D eigenvalue weighted by molar-refractivity contribution is -0.115. The molecule has 0 spiro atoms. The van der Waals surface area contributed by atoms with Crippen LogP contribution in [-0.4, -0.2) is 10.9 Å². The van der Waals surface area contributed by atoms with E-state index in [-0.39, 0.29) is 18.1 Å². The van der Waals surface area contributed by atoms with Gasteiger partial charge in [-0.05, 0) is 23.8 Å². The Morgan fingerprint density at radius 3 is 2.94 bits per heavy atom. The Morgan fingerprint density at radius 1 is 1.39 bits per heavy atom. The number of anilines is 2. The number of halogens is 1. The number of amides is 1. The van der Waals surface area contributed by atoms with Gasteiger partial charge in [0.2, 0.25) is 5.91 Å². The topological polar surface area (TPSA) is 68.0 Å². The number of carbonyl (C=O) groups is 1. The van der Waals surface area contributed by atoms with E-state index < -0.39 is 0 Å². The number of aromatic nitrogens is 1. The summed E-state index contributed by atoms with van der Waals surface area (Å²) in [5, 5.41) is 2.65. The van der Waals surface area contributed by atoms with Crippen molar-refractivity contribution in [3.05, 3.63) is 54.1 Å². The van der Waals surface area contributed by atoms with Crippen molar-refractivity contribution in [2.45, 2.75) is 6.42 Å². The van der Waals surface area contributed by atoms with Crippen LogP contribution in [0.2, 0.25) is 0 Å². The minimum Gasteiger partial charge on any atom is -0.396 e. The normalized spacial score (nSPS) is 10.1. The first-order valence-corrected chi connectivity index (χ1v) is 5.39. The highest BCUT2D eigenvalue weighted by Gasteiger charge is 2.06. The molecule has 1 aromatic carbocycles. The van der Waals surface area contributed by atoms with E-state index in [2.05, 4.69) is 10.3 Å². The van der Waals surface area contributed by atoms with Gasteiger partial charge in [-0.25, -0.2) is 4.39 Å². The number of hydrogen-bond donors (Lipinski definition) is 2. The molecule has 0 unspecified atom stereocenters. The second-order valence-corrected chi connectivity index (χ2v) is 3.82. The molecule has 2 rings (SSSR count). The molecule has 5 heteroatoms. The lowest BCUT2D eigenvalue weighted by atomic mass is 10.1. The molecule has 0 bridgehead atoms. The van der Waals surface area contributed by atoms with E-state index in [1.54, 1.807) is 18.2 Å². The second-order valence-electron chi connectivity index (χ2n) is 3.82. The Hall–Kier alpha value is -2.43. The first-order chi connectivity index (χ1) is 8.65. The van der Waals surface area contributed by atoms with Crippen molar-refractivity contribution >= 4 is 17.3 Å². The number of hydrogen-bond acceptors (Lipinski definition) is 3. The summed E-state index contributed by atoms with van der Waals surface area (Å²) in [6.45, 7) is 0. The number of nitrogen functional groups attached to an aromatic ring is 1. The van der Waals surface area contributed by atoms with Crippen LogP contribution >= 0.6 is 0 Å². The maximum Gasteiger partial charge on any atom is 0.228 e. The van der Waals surface area contributed by atoms with Crippen LogP contribution in [0.5, 0.6) is 0 Å². The van der Waals surface area contributed by atoms with E-state index in [1.165, 1.54) is 24.5 Å². The molecule has 0 saturated carbocycles. The van der Waals surface area contributed by atoms with Crippen molar-refractivity contribution in [3.63, 3.8) is 0 Å². The van der Waals surface area contributed by atoms with Crippen molar-refractivity contribution in [2.24, 2.45) is 0 Å². The standard InChI is InChI=1S/C13H12FN3O/c14-10-3-1-2-9(6-10)7-13(18)17-12-4-5-16-8-11(12)15/h1-6,8H,7,15H2,(H,16,17,18). The molecule has 18 heavy (non-hydrogen) atoms. The Kier molecular flexibility index (Phi) is 3.52. The summed E-state index contributed by atoms with van der Waals surface area (Å²) in [6, 6.07) is 7.54. The van der Waals surface area contributed by atoms with Gasteiger partial charge in [-0.15, -0.1) is 0 Å². The lowest BCUT2D eigenvalue weighted by Crippen LogP contribution is -2.15. The molecule has 92 valence electrons. The van der Waals surface area contributed by atoms with Gasteiger partial charge >= 0.3 is 0 Å². The molecular formula is C13H12FN3O. The zero-order valence-corrected chi connectivity index (χ0v) is 9.56. The summed E-state index contributed by atoms with van der Waals surface area (Å²) in [7, 11) is 0. The summed E-state index contributed by atoms with van der Waals surface area (Å²) in [5.74, 6) is -0.609. The van der Waals surface area contributed by atoms with Crippen LogP contribution in [0.25, 0.3) is 0 Å². The molecule has 0 aliphatic rings. The fraction of sp³-hybridized carbons (Fsp3) is 0.0769. The van der Waals surface area contributed by atoms with Gasteiger partial charge < -0.3 is 11.1 Å². The van der Waals surface area contributed by atoms with Gasteiger partial charge in [0, 0.05) is 6.20 Å². The molecule has 1 heterocycles. The van der Waals surface area contributed by atoms with Crippen molar-refractivity contribution < 1.29 is 9.18 Å². The summed E-state index contributed by atoms with van der Waals surface area (Å²) in [5.41, 5.74) is 7.16. The number of carbonyl (C=O) groups excluding carboxylic acids is 1. The second kappa shape index (κ2) is 5.27. The third-order valence-corrected chi connectivity index (χ3v) is 2.38. The third-order valence-electron chi connectivity index (χ3n) is 2.38. The predicted molar refractivity (Wildman–Crippen MR) is 67.4 cm³/mol. The van der Waals surface area contributed by atoms with Crippen LogP contribution in [-0.2, 0) is 11.2 Å². The molecule has 4 nitrogen and oxygen atoms in total. The first-order valence-electron chi connectivity index (χ1n) is 5.39. The molecule has 0 fully saturated rings. The minimum absolute atomic E-state index is 0.0967. The molecule has 0 radical (unpaired) electrons. The highest BCUT2D eigenvalue weighted by Crippen LogP contribution is 2.15. The molecule has 2 aromatic rings. The molecule has 0 atom stereocenters. The van der Waals surface area contributed by atoms with Crippen LogP contribution in [0.15, 0.2) is 42.7 Å². The number of benzene rings is 1. The maximum atomic E-state index is 12.9. The van der Waals surface area contributed by atoms with E-state index in [9.17, 15) is 9.18 Å². The summed E-state index contributed by atoms with van der Waals surface area (Å²) >= 11 is 0. The SMILES string of the molecule is Nc1cnccc1NC(=O)Cc1cccc(F)c1. The predicted octanol–water partition coefficient (Wildman–Crippen LogP) is 1.98. The number of pyridine rings is 1. The van der Waals surface area contributed by atoms with Gasteiger partial charge in [0.05, 0.1) is 24.0 Å². The first kappa shape index (κ1) is 12.0. The summed E-state index contributed by atoms with van der Waals surface area (Å²) in [4.78, 5) is 15.6. The smallest absolute Gasteiger partial charge is 0.228 e. The molecule has 0 aliphatic heterocycles. The number of nitrogens with two attached hydrogens (primary N) is 1. The van der Waals surface area contributed by atoms with E-state index in [0.717, 1.165) is 0 Å². The number of nitrogens with zero attached hydrogens (tertiary/aromatic N) is 1. The Morgan fingerprint density at radius 2 is 2.22 bits per heavy atom. The van der Waals surface area contributed by atoms with E-state index >= 15 is 0 Å². The van der Waals surface area contributed by atoms with Gasteiger partial charge in [0.15, 0.2) is 0 Å². The highest BCUT2D eigenvalue weighted by molar-refractivity contribution is 5.94. The molecule has 1 amide bonds. The largest absolute Gasteiger partial charge is 0.396 e. The minimum atomic E-state index is -0.358. The van der Waals surface area contributed by atoms with Gasteiger partial charge in [0.1, 0.15) is 5.82 Å². The summed E-state index contributed by atoms with van der Waals surface area (Å²) in [6.07, 6.45) is 3.09. The van der Waals surface area contributed by atoms with Gasteiger partial charge in [-0.2, -0.15) is 0 Å². The Balaban J connectivity index is 2.03. The highest BCUT2D eigenvalue weighted by atomic mass is 19.1. The molecule has 0 aliphatic carbocycles. The maximum absolute atomic E-state index is 12.9. The fourth-order valence-electron chi connectivity index (χ4n) is 1.55. The summed E-state index contributed by atoms with van der Waals surface area (Å²) < 4.78 is 12.9. The average molecular weight is 245 g/mol. The van der Waals surface area contributed by atoms with Gasteiger partial charge in [-0.1, -0.05) is 12.1 Å². The van der Waals surface area contributed by atoms with Crippen LogP contribution < -0.4 is 11.1 Å². The monoisotopic (exact) mass is 245 g/mol. The van der Waals surface area contributed by atoms with Gasteiger partial charge in [0.25, 0.3) is 0 Å². The molecule has 1 aromatic heterocycles. The third kappa shape index (κ3) is 3.04. The average Bonchev–Trinajstić information content (AvgIpc) is 2.32. The lowest BCUT2D eigenvalue weighted by Gasteiger charge is -2.07. The van der Waals surface area contributed by atoms with Crippen LogP contribution in [0, 0.1) is 5.82 Å². The molecule has 3 N–H and O–H groups in total. The quantitative estimate of drug-likeness (QED) is 0.868. The number of nitrogens with one attached hydrogen (secondary N) is 1. The zero-order valence-electron chi connectivity index (χ0n) is 9.56. The van der Waals surface area contributed by atoms with Crippen molar-refractivity contribution in [3.8, 4) is 0 Å². The Labute approximate surface area is 104 Å². The van der Waals surface area contributed by atoms with Crippen molar-refractivity contribution in [1.82, 2.24) is 4.98 Å². The molecule has 0 saturated heterocycles. The van der Waals surface area contributed by atoms with Crippen LogP contribution in [0.4, 0.5) is 15.8 Å². The van der Waals surface area contributed by atoms with E-state index in [0.29, 0.717) is 16.9 Å². The van der Waals surface area contributed by atoms with E-state index in [1.807, 2.05) is 0 Å². The fourth-order valence-corrected chi connectivity index (χ4v) is 1.55.